The van der Waals surface area contributed by atoms with E-state index in [1.165, 1.54) is 18.7 Å². The lowest BCUT2D eigenvalue weighted by Crippen LogP contribution is -2.26. The second-order valence-corrected chi connectivity index (χ2v) is 7.25. The van der Waals surface area contributed by atoms with Crippen LogP contribution in [0, 0.1) is 0 Å². The molecule has 142 valence electrons. The largest absolute Gasteiger partial charge is 0.493 e. The van der Waals surface area contributed by atoms with E-state index in [1.807, 2.05) is 30.5 Å². The molecule has 0 saturated carbocycles. The fourth-order valence-electron chi connectivity index (χ4n) is 3.63. The average molecular weight is 385 g/mol. The Bertz CT molecular complexity index is 942. The van der Waals surface area contributed by atoms with Crippen molar-refractivity contribution in [1.82, 2.24) is 5.32 Å². The van der Waals surface area contributed by atoms with Gasteiger partial charge in [0.1, 0.15) is 0 Å². The minimum Gasteiger partial charge on any atom is -0.493 e. The van der Waals surface area contributed by atoms with Crippen LogP contribution in [-0.4, -0.2) is 26.4 Å². The zero-order valence-electron chi connectivity index (χ0n) is 15.9. The maximum absolute atomic E-state index is 12.7. The maximum Gasteiger partial charge on any atom is 0.217 e. The van der Waals surface area contributed by atoms with Crippen molar-refractivity contribution in [1.29, 1.82) is 0 Å². The normalized spacial score (nSPS) is 15.2. The first-order valence-corrected chi connectivity index (χ1v) is 9.96. The van der Waals surface area contributed by atoms with Crippen molar-refractivity contribution in [2.45, 2.75) is 30.7 Å². The maximum atomic E-state index is 12.7. The number of ether oxygens (including phenoxy) is 2. The van der Waals surface area contributed by atoms with E-state index >= 15 is 0 Å². The van der Waals surface area contributed by atoms with Crippen LogP contribution in [0.4, 0.5) is 0 Å². The van der Waals surface area contributed by atoms with E-state index in [1.54, 1.807) is 20.3 Å². The van der Waals surface area contributed by atoms with E-state index < -0.39 is 0 Å². The molecule has 3 rings (SSSR count). The monoisotopic (exact) mass is 385 g/mol. The number of benzene rings is 1. The molecule has 1 amide bonds. The molecule has 1 aliphatic rings. The van der Waals surface area contributed by atoms with Gasteiger partial charge in [0.2, 0.25) is 5.91 Å². The Morgan fingerprint density at radius 2 is 1.96 bits per heavy atom. The van der Waals surface area contributed by atoms with Crippen LogP contribution in [0.25, 0.3) is 11.1 Å². The van der Waals surface area contributed by atoms with Gasteiger partial charge in [-0.05, 0) is 54.0 Å². The zero-order chi connectivity index (χ0) is 19.6. The van der Waals surface area contributed by atoms with E-state index in [2.05, 4.69) is 5.32 Å². The summed E-state index contributed by atoms with van der Waals surface area (Å²) in [6.07, 6.45) is 3.33. The summed E-state index contributed by atoms with van der Waals surface area (Å²) in [5.41, 5.74) is 3.66. The van der Waals surface area contributed by atoms with Gasteiger partial charge >= 0.3 is 0 Å². The van der Waals surface area contributed by atoms with Crippen molar-refractivity contribution in [2.75, 3.05) is 20.5 Å². The number of rotatable bonds is 4. The number of carbonyl (C=O) groups is 1. The van der Waals surface area contributed by atoms with E-state index in [-0.39, 0.29) is 17.4 Å². The molecule has 0 aromatic heterocycles. The molecule has 1 N–H and O–H groups in total. The fourth-order valence-corrected chi connectivity index (χ4v) is 4.10. The summed E-state index contributed by atoms with van der Waals surface area (Å²) < 4.78 is 11.2. The van der Waals surface area contributed by atoms with Gasteiger partial charge in [-0.1, -0.05) is 12.1 Å². The van der Waals surface area contributed by atoms with E-state index in [0.29, 0.717) is 22.8 Å². The molecule has 1 atom stereocenters. The number of methoxy groups -OCH3 is 2. The minimum absolute atomic E-state index is 0.0515. The Morgan fingerprint density at radius 3 is 2.59 bits per heavy atom. The molecule has 0 bridgehead atoms. The first kappa shape index (κ1) is 19.3. The molecule has 0 spiro atoms. The van der Waals surface area contributed by atoms with Crippen LogP contribution in [0.1, 0.15) is 30.5 Å². The topological polar surface area (TPSA) is 64.6 Å². The standard InChI is InChI=1S/C21H23NO4S/c1-12(23)22-16-8-5-13-6-9-18(25-2)21(26-3)20(13)14-7-10-19(27-4)17(24)11-15(14)16/h6-7,9-11,16H,5,8H2,1-4H3,(H,22,23)/t16-/m0/s1. The number of thioether (sulfide) groups is 1. The quantitative estimate of drug-likeness (QED) is 0.815. The Kier molecular flexibility index (Phi) is 5.75. The summed E-state index contributed by atoms with van der Waals surface area (Å²) in [6.45, 7) is 1.50. The lowest BCUT2D eigenvalue weighted by molar-refractivity contribution is -0.119. The smallest absolute Gasteiger partial charge is 0.217 e. The van der Waals surface area contributed by atoms with Crippen molar-refractivity contribution in [2.24, 2.45) is 0 Å². The van der Waals surface area contributed by atoms with E-state index in [0.717, 1.165) is 28.7 Å². The Hall–Kier alpha value is -2.47. The first-order valence-electron chi connectivity index (χ1n) is 8.73. The van der Waals surface area contributed by atoms with Crippen LogP contribution in [0.15, 0.2) is 40.0 Å². The second kappa shape index (κ2) is 8.05. The van der Waals surface area contributed by atoms with Gasteiger partial charge in [-0.3, -0.25) is 9.59 Å². The third-order valence-electron chi connectivity index (χ3n) is 4.82. The Morgan fingerprint density at radius 1 is 1.19 bits per heavy atom. The third kappa shape index (κ3) is 3.67. The summed E-state index contributed by atoms with van der Waals surface area (Å²) in [4.78, 5) is 25.1. The summed E-state index contributed by atoms with van der Waals surface area (Å²) >= 11 is 1.41. The van der Waals surface area contributed by atoms with Crippen LogP contribution in [0.3, 0.4) is 0 Å². The lowest BCUT2D eigenvalue weighted by Gasteiger charge is -2.18. The molecule has 0 saturated heterocycles. The predicted molar refractivity (Wildman–Crippen MR) is 108 cm³/mol. The highest BCUT2D eigenvalue weighted by atomic mass is 32.2. The molecule has 0 radical (unpaired) electrons. The van der Waals surface area contributed by atoms with Gasteiger partial charge in [-0.25, -0.2) is 0 Å². The third-order valence-corrected chi connectivity index (χ3v) is 5.60. The first-order chi connectivity index (χ1) is 13.0. The van der Waals surface area contributed by atoms with Gasteiger partial charge in [0, 0.05) is 12.5 Å². The summed E-state index contributed by atoms with van der Waals surface area (Å²) in [6, 6.07) is 9.11. The molecule has 0 unspecified atom stereocenters. The molecule has 5 nitrogen and oxygen atoms in total. The van der Waals surface area contributed by atoms with Crippen LogP contribution >= 0.6 is 11.8 Å². The predicted octanol–water partition coefficient (Wildman–Crippen LogP) is 3.58. The van der Waals surface area contributed by atoms with Gasteiger partial charge < -0.3 is 14.8 Å². The molecule has 0 fully saturated rings. The number of hydrogen-bond acceptors (Lipinski definition) is 5. The summed E-state index contributed by atoms with van der Waals surface area (Å²) in [5, 5.41) is 3.00. The molecule has 27 heavy (non-hydrogen) atoms. The van der Waals surface area contributed by atoms with Crippen LogP contribution in [0.2, 0.25) is 0 Å². The van der Waals surface area contributed by atoms with Crippen LogP contribution in [-0.2, 0) is 11.2 Å². The van der Waals surface area contributed by atoms with E-state index in [9.17, 15) is 9.59 Å². The molecule has 0 aliphatic heterocycles. The van der Waals surface area contributed by atoms with Gasteiger partial charge in [-0.15, -0.1) is 11.8 Å². The van der Waals surface area contributed by atoms with Crippen LogP contribution in [0.5, 0.6) is 11.5 Å². The van der Waals surface area contributed by atoms with Crippen molar-refractivity contribution in [3.8, 4) is 22.6 Å². The molecule has 2 aromatic rings. The van der Waals surface area contributed by atoms with Crippen molar-refractivity contribution < 1.29 is 14.3 Å². The molecular weight excluding hydrogens is 362 g/mol. The Labute approximate surface area is 163 Å². The van der Waals surface area contributed by atoms with Gasteiger partial charge in [0.05, 0.1) is 25.2 Å². The molecule has 6 heteroatoms. The second-order valence-electron chi connectivity index (χ2n) is 6.41. The van der Waals surface area contributed by atoms with Crippen molar-refractivity contribution in [3.05, 3.63) is 51.7 Å². The van der Waals surface area contributed by atoms with E-state index in [4.69, 9.17) is 9.47 Å². The average Bonchev–Trinajstić information content (AvgIpc) is 2.90. The van der Waals surface area contributed by atoms with Gasteiger partial charge in [0.15, 0.2) is 16.9 Å². The van der Waals surface area contributed by atoms with Crippen LogP contribution < -0.4 is 20.2 Å². The fraction of sp³-hybridized carbons (Fsp3) is 0.333. The zero-order valence-corrected chi connectivity index (χ0v) is 16.7. The highest BCUT2D eigenvalue weighted by Gasteiger charge is 2.27. The minimum atomic E-state index is -0.240. The van der Waals surface area contributed by atoms with Crippen molar-refractivity contribution >= 4 is 17.7 Å². The van der Waals surface area contributed by atoms with Gasteiger partial charge in [-0.2, -0.15) is 0 Å². The highest BCUT2D eigenvalue weighted by molar-refractivity contribution is 7.98. The number of carbonyl (C=O) groups excluding carboxylic acids is 1. The highest BCUT2D eigenvalue weighted by Crippen LogP contribution is 2.45. The summed E-state index contributed by atoms with van der Waals surface area (Å²) in [5.74, 6) is 1.16. The van der Waals surface area contributed by atoms with Gasteiger partial charge in [0.25, 0.3) is 0 Å². The molecule has 1 aliphatic carbocycles. The number of fused-ring (bicyclic) bond motifs is 3. The molecular formula is C21H23NO4S. The number of nitrogens with one attached hydrogen (secondary N) is 1. The molecule has 2 aromatic carbocycles. The Balaban J connectivity index is 2.38. The number of hydrogen-bond donors (Lipinski definition) is 1. The SMILES string of the molecule is COc1ccc2c(c1OC)-c1ccc(SC)c(=O)cc1[C@@H](NC(C)=O)CC2. The summed E-state index contributed by atoms with van der Waals surface area (Å²) in [7, 11) is 3.22. The number of aryl methyl sites for hydroxylation is 1. The molecule has 0 heterocycles. The number of amides is 1. The van der Waals surface area contributed by atoms with Crippen molar-refractivity contribution in [3.63, 3.8) is 0 Å². The lowest BCUT2D eigenvalue weighted by atomic mass is 9.96.